The smallest absolute Gasteiger partial charge is 0.337 e. The second-order valence-electron chi connectivity index (χ2n) is 6.98. The summed E-state index contributed by atoms with van der Waals surface area (Å²) in [5, 5.41) is 17.1. The number of nitrogens with one attached hydrogen (secondary N) is 2. The number of ether oxygens (including phenoxy) is 3. The Labute approximate surface area is 181 Å². The number of allylic oxidation sites excluding steroid dienone is 1. The van der Waals surface area contributed by atoms with Crippen molar-refractivity contribution in [2.75, 3.05) is 20.3 Å². The van der Waals surface area contributed by atoms with Crippen molar-refractivity contribution in [1.29, 1.82) is 0 Å². The van der Waals surface area contributed by atoms with Crippen LogP contribution in [0.15, 0.2) is 23.4 Å². The van der Waals surface area contributed by atoms with Gasteiger partial charge in [0.05, 0.1) is 36.9 Å². The van der Waals surface area contributed by atoms with Gasteiger partial charge in [0, 0.05) is 23.4 Å². The summed E-state index contributed by atoms with van der Waals surface area (Å²) in [6, 6.07) is 1.24. The molecule has 0 radical (unpaired) electrons. The molecule has 0 bridgehead atoms. The van der Waals surface area contributed by atoms with Crippen LogP contribution in [0.5, 0.6) is 11.5 Å². The molecule has 0 aliphatic carbocycles. The van der Waals surface area contributed by atoms with Crippen LogP contribution in [0.4, 0.5) is 10.5 Å². The highest BCUT2D eigenvalue weighted by molar-refractivity contribution is 5.95. The van der Waals surface area contributed by atoms with Gasteiger partial charge in [-0.3, -0.25) is 10.1 Å². The highest BCUT2D eigenvalue weighted by Crippen LogP contribution is 2.41. The maximum Gasteiger partial charge on any atom is 0.337 e. The SMILES string of the molecule is CCCOc1cc(OCCC)c([N+](=O)[O-])cc1C1NC(=O)NC(CCC)=C1C(=O)OC. The number of benzene rings is 1. The van der Waals surface area contributed by atoms with E-state index in [9.17, 15) is 19.7 Å². The molecule has 170 valence electrons. The van der Waals surface area contributed by atoms with E-state index in [4.69, 9.17) is 14.2 Å². The monoisotopic (exact) mass is 435 g/mol. The molecule has 1 unspecified atom stereocenters. The molecule has 1 aromatic carbocycles. The largest absolute Gasteiger partial charge is 0.493 e. The summed E-state index contributed by atoms with van der Waals surface area (Å²) in [5.41, 5.74) is 0.606. The Morgan fingerprint density at radius 2 is 1.74 bits per heavy atom. The zero-order valence-corrected chi connectivity index (χ0v) is 18.3. The normalized spacial score (nSPS) is 15.7. The zero-order chi connectivity index (χ0) is 23.0. The number of methoxy groups -OCH3 is 1. The lowest BCUT2D eigenvalue weighted by molar-refractivity contribution is -0.386. The van der Waals surface area contributed by atoms with Crippen molar-refractivity contribution in [2.45, 2.75) is 52.5 Å². The summed E-state index contributed by atoms with van der Waals surface area (Å²) in [6.07, 6.45) is 2.47. The lowest BCUT2D eigenvalue weighted by Gasteiger charge is -2.30. The molecule has 1 aliphatic heterocycles. The molecule has 1 atom stereocenters. The van der Waals surface area contributed by atoms with Gasteiger partial charge in [0.15, 0.2) is 0 Å². The van der Waals surface area contributed by atoms with Crippen molar-refractivity contribution in [2.24, 2.45) is 0 Å². The lowest BCUT2D eigenvalue weighted by atomic mass is 9.92. The minimum absolute atomic E-state index is 0.0688. The molecular formula is C21H29N3O7. The lowest BCUT2D eigenvalue weighted by Crippen LogP contribution is -2.46. The van der Waals surface area contributed by atoms with Gasteiger partial charge in [-0.25, -0.2) is 9.59 Å². The number of rotatable bonds is 11. The van der Waals surface area contributed by atoms with E-state index < -0.39 is 23.0 Å². The third kappa shape index (κ3) is 5.65. The number of nitro groups is 1. The fourth-order valence-electron chi connectivity index (χ4n) is 3.25. The Morgan fingerprint density at radius 1 is 1.10 bits per heavy atom. The number of hydrogen-bond donors (Lipinski definition) is 2. The molecule has 31 heavy (non-hydrogen) atoms. The van der Waals surface area contributed by atoms with Crippen LogP contribution < -0.4 is 20.1 Å². The summed E-state index contributed by atoms with van der Waals surface area (Å²) in [6.45, 7) is 6.36. The Bertz CT molecular complexity index is 867. The number of nitro benzene ring substituents is 1. The van der Waals surface area contributed by atoms with E-state index in [1.807, 2.05) is 20.8 Å². The van der Waals surface area contributed by atoms with Gasteiger partial charge in [-0.1, -0.05) is 27.2 Å². The maximum atomic E-state index is 12.6. The van der Waals surface area contributed by atoms with E-state index in [0.717, 1.165) is 0 Å². The molecule has 1 heterocycles. The summed E-state index contributed by atoms with van der Waals surface area (Å²) < 4.78 is 16.3. The van der Waals surface area contributed by atoms with Crippen molar-refractivity contribution >= 4 is 17.7 Å². The van der Waals surface area contributed by atoms with Crippen molar-refractivity contribution in [3.63, 3.8) is 0 Å². The Morgan fingerprint density at radius 3 is 2.29 bits per heavy atom. The number of carbonyl (C=O) groups excluding carboxylic acids is 2. The molecule has 0 saturated carbocycles. The fourth-order valence-corrected chi connectivity index (χ4v) is 3.25. The zero-order valence-electron chi connectivity index (χ0n) is 18.3. The van der Waals surface area contributed by atoms with Crippen LogP contribution in [0, 0.1) is 10.1 Å². The summed E-state index contributed by atoms with van der Waals surface area (Å²) in [5.74, 6) is -0.279. The fraction of sp³-hybridized carbons (Fsp3) is 0.524. The number of urea groups is 1. The molecule has 10 heteroatoms. The quantitative estimate of drug-likeness (QED) is 0.308. The van der Waals surface area contributed by atoms with Crippen LogP contribution in [0.1, 0.15) is 58.1 Å². The highest BCUT2D eigenvalue weighted by Gasteiger charge is 2.36. The van der Waals surface area contributed by atoms with Crippen molar-refractivity contribution < 1.29 is 28.7 Å². The van der Waals surface area contributed by atoms with Gasteiger partial charge >= 0.3 is 17.7 Å². The van der Waals surface area contributed by atoms with Crippen molar-refractivity contribution in [3.8, 4) is 11.5 Å². The van der Waals surface area contributed by atoms with Gasteiger partial charge in [0.1, 0.15) is 5.75 Å². The number of amides is 2. The molecule has 10 nitrogen and oxygen atoms in total. The van der Waals surface area contributed by atoms with Crippen LogP contribution in [-0.4, -0.2) is 37.2 Å². The van der Waals surface area contributed by atoms with E-state index >= 15 is 0 Å². The first-order valence-corrected chi connectivity index (χ1v) is 10.3. The van der Waals surface area contributed by atoms with E-state index in [1.54, 1.807) is 0 Å². The van der Waals surface area contributed by atoms with E-state index in [-0.39, 0.29) is 22.6 Å². The topological polar surface area (TPSA) is 129 Å². The number of esters is 1. The van der Waals surface area contributed by atoms with Gasteiger partial charge in [-0.15, -0.1) is 0 Å². The second-order valence-corrected chi connectivity index (χ2v) is 6.98. The van der Waals surface area contributed by atoms with E-state index in [0.29, 0.717) is 50.3 Å². The Balaban J connectivity index is 2.72. The molecule has 0 fully saturated rings. The Kier molecular flexibility index (Phi) is 8.65. The van der Waals surface area contributed by atoms with Crippen LogP contribution in [0.3, 0.4) is 0 Å². The average Bonchev–Trinajstić information content (AvgIpc) is 2.75. The molecule has 1 aliphatic rings. The minimum Gasteiger partial charge on any atom is -0.493 e. The molecule has 2 N–H and O–H groups in total. The predicted molar refractivity (Wildman–Crippen MR) is 113 cm³/mol. The Hall–Kier alpha value is -3.30. The van der Waals surface area contributed by atoms with Crippen LogP contribution in [0.25, 0.3) is 0 Å². The highest BCUT2D eigenvalue weighted by atomic mass is 16.6. The van der Waals surface area contributed by atoms with Crippen molar-refractivity contribution in [3.05, 3.63) is 39.1 Å². The minimum atomic E-state index is -0.978. The van der Waals surface area contributed by atoms with E-state index in [2.05, 4.69) is 10.6 Å². The number of hydrogen-bond acceptors (Lipinski definition) is 7. The molecule has 0 spiro atoms. The first kappa shape index (κ1) is 24.0. The first-order chi connectivity index (χ1) is 14.9. The molecule has 2 rings (SSSR count). The van der Waals surface area contributed by atoms with Crippen LogP contribution in [0.2, 0.25) is 0 Å². The van der Waals surface area contributed by atoms with Crippen LogP contribution in [-0.2, 0) is 9.53 Å². The molecular weight excluding hydrogens is 406 g/mol. The molecule has 0 aromatic heterocycles. The molecule has 0 saturated heterocycles. The summed E-state index contributed by atoms with van der Waals surface area (Å²) in [4.78, 5) is 36.1. The maximum absolute atomic E-state index is 12.6. The molecule has 2 amide bonds. The molecule has 1 aromatic rings. The first-order valence-electron chi connectivity index (χ1n) is 10.3. The number of nitrogens with zero attached hydrogens (tertiary/aromatic N) is 1. The third-order valence-electron chi connectivity index (χ3n) is 4.58. The number of carbonyl (C=O) groups is 2. The van der Waals surface area contributed by atoms with Crippen LogP contribution >= 0.6 is 0 Å². The standard InChI is InChI=1S/C21H29N3O7/c1-5-8-14-18(20(25)29-4)19(23-21(26)22-14)13-11-15(24(27)28)17(31-10-7-3)12-16(13)30-9-6-2/h11-12,19H,5-10H2,1-4H3,(H2,22,23,26). The van der Waals surface area contributed by atoms with Gasteiger partial charge in [0.25, 0.3) is 0 Å². The van der Waals surface area contributed by atoms with Gasteiger partial charge in [-0.2, -0.15) is 0 Å². The predicted octanol–water partition coefficient (Wildman–Crippen LogP) is 3.75. The average molecular weight is 435 g/mol. The third-order valence-corrected chi connectivity index (χ3v) is 4.58. The van der Waals surface area contributed by atoms with E-state index in [1.165, 1.54) is 19.2 Å². The second kappa shape index (κ2) is 11.2. The van der Waals surface area contributed by atoms with Gasteiger partial charge < -0.3 is 24.8 Å². The van der Waals surface area contributed by atoms with Gasteiger partial charge in [-0.05, 0) is 19.3 Å². The van der Waals surface area contributed by atoms with Crippen molar-refractivity contribution in [1.82, 2.24) is 10.6 Å². The summed E-state index contributed by atoms with van der Waals surface area (Å²) >= 11 is 0. The van der Waals surface area contributed by atoms with Gasteiger partial charge in [0.2, 0.25) is 5.75 Å². The summed E-state index contributed by atoms with van der Waals surface area (Å²) in [7, 11) is 1.24.